The van der Waals surface area contributed by atoms with Crippen molar-refractivity contribution in [2.45, 2.75) is 72.1 Å². The average Bonchev–Trinajstić information content (AvgIpc) is 2.87. The summed E-state index contributed by atoms with van der Waals surface area (Å²) in [7, 11) is 0. The number of carbonyl (C=O) groups is 2. The lowest BCUT2D eigenvalue weighted by molar-refractivity contribution is -0.129. The van der Waals surface area contributed by atoms with Gasteiger partial charge in [0.1, 0.15) is 34.4 Å². The maximum Gasteiger partial charge on any atom is 0.183 e. The average molecular weight is 495 g/mol. The predicted octanol–water partition coefficient (Wildman–Crippen LogP) is 7.71. The van der Waals surface area contributed by atoms with E-state index in [0.29, 0.717) is 62.0 Å². The van der Waals surface area contributed by atoms with Gasteiger partial charge in [0, 0.05) is 12.0 Å². The molecule has 0 aromatic heterocycles. The van der Waals surface area contributed by atoms with Gasteiger partial charge in [0.05, 0.1) is 5.41 Å². The van der Waals surface area contributed by atoms with Crippen molar-refractivity contribution in [2.24, 2.45) is 5.41 Å². The van der Waals surface area contributed by atoms with E-state index >= 15 is 0 Å². The molecule has 1 aliphatic rings. The largest absolute Gasteiger partial charge is 0.511 e. The number of aliphatic hydroxyl groups excluding tert-OH is 2. The second-order valence-corrected chi connectivity index (χ2v) is 9.34. The quantitative estimate of drug-likeness (QED) is 0.295. The molecule has 2 aromatic carbocycles. The molecule has 0 unspecified atom stereocenters. The number of aryl methyl sites for hydroxylation is 1. The van der Waals surface area contributed by atoms with Gasteiger partial charge in [-0.25, -0.2) is 4.39 Å². The fourth-order valence-corrected chi connectivity index (χ4v) is 4.94. The fraction of sp³-hybridized carbons (Fsp3) is 0.400. The van der Waals surface area contributed by atoms with Gasteiger partial charge in [-0.3, -0.25) is 9.59 Å². The number of aliphatic hydroxyl groups is 2. The first-order valence-electron chi connectivity index (χ1n) is 12.7. The monoisotopic (exact) mass is 494 g/mol. The number of allylic oxidation sites excluding steroid dienone is 3. The number of rotatable bonds is 12. The summed E-state index contributed by atoms with van der Waals surface area (Å²) < 4.78 is 18.8. The molecule has 0 saturated carbocycles. The molecule has 0 amide bonds. The molecule has 0 saturated heterocycles. The standard InChI is InChI=1S/C30H35FO5/c1-4-7-24-27(33)26(29(35)30(18-5-2,19-6-3)28(24)34)25(32)17-10-20-8-13-22(14-9-20)36-23-15-11-21(31)12-16-23/h8-9,11-16,33-34H,4-7,10,17-19H2,1-3H3. The van der Waals surface area contributed by atoms with Crippen molar-refractivity contribution in [2.75, 3.05) is 0 Å². The molecule has 2 aromatic rings. The van der Waals surface area contributed by atoms with Gasteiger partial charge in [-0.15, -0.1) is 0 Å². The van der Waals surface area contributed by atoms with Crippen LogP contribution in [0.4, 0.5) is 4.39 Å². The minimum atomic E-state index is -1.15. The lowest BCUT2D eigenvalue weighted by Gasteiger charge is -2.37. The molecule has 0 aliphatic heterocycles. The number of benzene rings is 2. The van der Waals surface area contributed by atoms with Crippen LogP contribution < -0.4 is 4.74 Å². The second-order valence-electron chi connectivity index (χ2n) is 9.34. The third-order valence-electron chi connectivity index (χ3n) is 6.67. The highest BCUT2D eigenvalue weighted by Gasteiger charge is 2.49. The number of halogens is 1. The van der Waals surface area contributed by atoms with Crippen LogP contribution in [0, 0.1) is 11.2 Å². The van der Waals surface area contributed by atoms with Crippen molar-refractivity contribution in [1.82, 2.24) is 0 Å². The Kier molecular flexibility index (Phi) is 9.08. The minimum absolute atomic E-state index is 0.0534. The minimum Gasteiger partial charge on any atom is -0.511 e. The maximum atomic E-state index is 13.6. The summed E-state index contributed by atoms with van der Waals surface area (Å²) in [4.78, 5) is 26.9. The zero-order valence-corrected chi connectivity index (χ0v) is 21.3. The van der Waals surface area contributed by atoms with Crippen LogP contribution in [-0.2, 0) is 16.0 Å². The smallest absolute Gasteiger partial charge is 0.183 e. The Morgan fingerprint density at radius 3 is 1.94 bits per heavy atom. The molecule has 2 N–H and O–H groups in total. The molecule has 0 heterocycles. The normalized spacial score (nSPS) is 15.4. The lowest BCUT2D eigenvalue weighted by Crippen LogP contribution is -2.41. The van der Waals surface area contributed by atoms with Crippen molar-refractivity contribution in [1.29, 1.82) is 0 Å². The molecular weight excluding hydrogens is 459 g/mol. The molecule has 1 aliphatic carbocycles. The first kappa shape index (κ1) is 27.2. The molecule has 192 valence electrons. The summed E-state index contributed by atoms with van der Waals surface area (Å²) >= 11 is 0. The van der Waals surface area contributed by atoms with Crippen molar-refractivity contribution in [3.8, 4) is 11.5 Å². The lowest BCUT2D eigenvalue weighted by atomic mass is 9.66. The van der Waals surface area contributed by atoms with Gasteiger partial charge in [-0.1, -0.05) is 52.2 Å². The number of hydrogen-bond acceptors (Lipinski definition) is 5. The Bertz CT molecular complexity index is 1140. The first-order chi connectivity index (χ1) is 17.3. The molecule has 6 heteroatoms. The SMILES string of the molecule is CCCC1=C(O)C(CCC)(CCC)C(=O)C(C(=O)CCc2ccc(Oc3ccc(F)cc3)cc2)=C1O. The maximum absolute atomic E-state index is 13.6. The first-order valence-corrected chi connectivity index (χ1v) is 12.7. The highest BCUT2D eigenvalue weighted by atomic mass is 19.1. The van der Waals surface area contributed by atoms with E-state index in [2.05, 4.69) is 0 Å². The number of carbonyl (C=O) groups excluding carboxylic acids is 2. The second kappa shape index (κ2) is 12.0. The summed E-state index contributed by atoms with van der Waals surface area (Å²) in [6, 6.07) is 12.9. The molecule has 0 radical (unpaired) electrons. The van der Waals surface area contributed by atoms with E-state index in [0.717, 1.165) is 5.56 Å². The summed E-state index contributed by atoms with van der Waals surface area (Å²) in [5, 5.41) is 22.0. The molecule has 0 fully saturated rings. The number of ketones is 2. The van der Waals surface area contributed by atoms with E-state index in [1.807, 2.05) is 32.9 Å². The van der Waals surface area contributed by atoms with Crippen molar-refractivity contribution < 1.29 is 28.9 Å². The molecule has 3 rings (SSSR count). The van der Waals surface area contributed by atoms with Crippen LogP contribution in [0.25, 0.3) is 0 Å². The van der Waals surface area contributed by atoms with E-state index in [9.17, 15) is 24.2 Å². The van der Waals surface area contributed by atoms with Gasteiger partial charge in [-0.2, -0.15) is 0 Å². The predicted molar refractivity (Wildman–Crippen MR) is 138 cm³/mol. The Hall–Kier alpha value is -3.41. The number of Topliss-reactive ketones (excluding diaryl/α,β-unsaturated/α-hetero) is 2. The van der Waals surface area contributed by atoms with Gasteiger partial charge in [0.15, 0.2) is 11.6 Å². The van der Waals surface area contributed by atoms with Crippen LogP contribution in [0.5, 0.6) is 11.5 Å². The summed E-state index contributed by atoms with van der Waals surface area (Å²) in [5.41, 5.74) is -0.123. The van der Waals surface area contributed by atoms with E-state index in [4.69, 9.17) is 4.74 Å². The molecule has 0 bridgehead atoms. The molecular formula is C30H35FO5. The summed E-state index contributed by atoms with van der Waals surface area (Å²) in [5.74, 6) is -0.559. The van der Waals surface area contributed by atoms with Gasteiger partial charge in [0.25, 0.3) is 0 Å². The van der Waals surface area contributed by atoms with Crippen molar-refractivity contribution in [3.05, 3.63) is 82.6 Å². The fourth-order valence-electron chi connectivity index (χ4n) is 4.94. The van der Waals surface area contributed by atoms with E-state index in [-0.39, 0.29) is 29.3 Å². The van der Waals surface area contributed by atoms with Gasteiger partial charge >= 0.3 is 0 Å². The summed E-state index contributed by atoms with van der Waals surface area (Å²) in [6.45, 7) is 5.82. The van der Waals surface area contributed by atoms with Crippen molar-refractivity contribution >= 4 is 11.6 Å². The Labute approximate surface area is 212 Å². The van der Waals surface area contributed by atoms with Gasteiger partial charge in [0.2, 0.25) is 0 Å². The zero-order valence-electron chi connectivity index (χ0n) is 21.3. The van der Waals surface area contributed by atoms with Crippen molar-refractivity contribution in [3.63, 3.8) is 0 Å². The summed E-state index contributed by atoms with van der Waals surface area (Å²) in [6.07, 6.45) is 3.70. The number of hydrogen-bond donors (Lipinski definition) is 2. The van der Waals surface area contributed by atoms with Crippen LogP contribution >= 0.6 is 0 Å². The van der Waals surface area contributed by atoms with Crippen LogP contribution in [0.3, 0.4) is 0 Å². The Morgan fingerprint density at radius 2 is 1.42 bits per heavy atom. The Morgan fingerprint density at radius 1 is 0.861 bits per heavy atom. The highest BCUT2D eigenvalue weighted by molar-refractivity contribution is 6.24. The Balaban J connectivity index is 1.78. The van der Waals surface area contributed by atoms with Crippen LogP contribution in [0.2, 0.25) is 0 Å². The van der Waals surface area contributed by atoms with Crippen LogP contribution in [0.15, 0.2) is 71.2 Å². The van der Waals surface area contributed by atoms with E-state index in [1.54, 1.807) is 24.3 Å². The third kappa shape index (κ3) is 5.69. The van der Waals surface area contributed by atoms with E-state index in [1.165, 1.54) is 12.1 Å². The van der Waals surface area contributed by atoms with E-state index < -0.39 is 17.0 Å². The number of ether oxygens (including phenoxy) is 1. The molecule has 0 spiro atoms. The van der Waals surface area contributed by atoms with Gasteiger partial charge < -0.3 is 14.9 Å². The third-order valence-corrected chi connectivity index (χ3v) is 6.67. The van der Waals surface area contributed by atoms with Crippen LogP contribution in [-0.4, -0.2) is 21.8 Å². The van der Waals surface area contributed by atoms with Gasteiger partial charge in [-0.05, 0) is 67.6 Å². The molecule has 36 heavy (non-hydrogen) atoms. The zero-order chi connectivity index (χ0) is 26.3. The highest BCUT2D eigenvalue weighted by Crippen LogP contribution is 2.47. The van der Waals surface area contributed by atoms with Crippen LogP contribution in [0.1, 0.15) is 71.3 Å². The molecule has 0 atom stereocenters. The molecule has 5 nitrogen and oxygen atoms in total. The topological polar surface area (TPSA) is 83.8 Å².